The summed E-state index contributed by atoms with van der Waals surface area (Å²) in [6.07, 6.45) is 80.7. The van der Waals surface area contributed by atoms with Crippen LogP contribution in [0.25, 0.3) is 0 Å². The Morgan fingerprint density at radius 2 is 0.549 bits per heavy atom. The molecule has 0 N–H and O–H groups in total. The maximum atomic E-state index is 12.8. The molecule has 0 aliphatic carbocycles. The Balaban J connectivity index is 4.25. The number of rotatable bonds is 51. The van der Waals surface area contributed by atoms with Gasteiger partial charge in [-0.1, -0.05) is 245 Å². The lowest BCUT2D eigenvalue weighted by Gasteiger charge is -2.18. The minimum Gasteiger partial charge on any atom is -0.462 e. The molecule has 0 aromatic heterocycles. The summed E-state index contributed by atoms with van der Waals surface area (Å²) in [6, 6.07) is 0. The normalized spacial score (nSPS) is 13.0. The molecule has 0 amide bonds. The summed E-state index contributed by atoms with van der Waals surface area (Å²) in [5.74, 6) is -0.948. The van der Waals surface area contributed by atoms with Gasteiger partial charge in [-0.2, -0.15) is 0 Å². The summed E-state index contributed by atoms with van der Waals surface area (Å²) in [6.45, 7) is 6.35. The van der Waals surface area contributed by atoms with E-state index in [1.54, 1.807) is 0 Å². The van der Waals surface area contributed by atoms with Gasteiger partial charge in [0.05, 0.1) is 0 Å². The van der Waals surface area contributed by atoms with Crippen molar-refractivity contribution in [2.45, 2.75) is 258 Å². The summed E-state index contributed by atoms with van der Waals surface area (Å²) < 4.78 is 16.8. The first-order valence-electron chi connectivity index (χ1n) is 29.0. The minimum atomic E-state index is -0.801. The van der Waals surface area contributed by atoms with Crippen molar-refractivity contribution in [3.63, 3.8) is 0 Å². The zero-order chi connectivity index (χ0) is 51.4. The highest BCUT2D eigenvalue weighted by Gasteiger charge is 2.19. The summed E-state index contributed by atoms with van der Waals surface area (Å²) in [4.78, 5) is 38.0. The molecule has 0 aliphatic heterocycles. The Bertz CT molecular complexity index is 1500. The quantitative estimate of drug-likeness (QED) is 0.0261. The molecule has 0 aromatic carbocycles. The Kier molecular flexibility index (Phi) is 54.9. The molecule has 0 heterocycles. The molecule has 402 valence electrons. The maximum absolute atomic E-state index is 12.8. The number of hydrogen-bond acceptors (Lipinski definition) is 6. The average molecular weight is 984 g/mol. The summed E-state index contributed by atoms with van der Waals surface area (Å²) >= 11 is 0. The van der Waals surface area contributed by atoms with Crippen LogP contribution in [0.4, 0.5) is 0 Å². The number of esters is 3. The molecule has 0 saturated carbocycles. The van der Waals surface area contributed by atoms with Crippen LogP contribution in [0.5, 0.6) is 0 Å². The lowest BCUT2D eigenvalue weighted by atomic mass is 10.1. The standard InChI is InChI=1S/C65H106O6/c1-4-7-10-13-16-19-21-23-25-26-27-28-29-30-31-32-33-34-35-36-37-38-40-41-43-46-49-52-55-58-64(67)70-61-62(60-69-63(66)57-54-51-48-45-18-15-12-9-6-3)71-65(68)59-56-53-50-47-44-42-39-24-22-20-17-14-11-8-5-2/h7-8,10-11,16-17,19-20,23-25,27-28,30-31,33-34,39,44,47,62H,4-6,9,12-15,18,21-22,26,29,32,35-38,40-43,45-46,48-61H2,1-3H3/b10-7-,11-8-,19-16-,20-17-,25-23-,28-27-,31-30-,34-33-,39-24-,47-44-. The zero-order valence-corrected chi connectivity index (χ0v) is 45.9. The Morgan fingerprint density at radius 3 is 0.887 bits per heavy atom. The van der Waals surface area contributed by atoms with Crippen LogP contribution in [-0.2, 0) is 28.6 Å². The van der Waals surface area contributed by atoms with Crippen LogP contribution in [0.2, 0.25) is 0 Å². The molecule has 0 aliphatic rings. The van der Waals surface area contributed by atoms with Gasteiger partial charge >= 0.3 is 17.9 Å². The third kappa shape index (κ3) is 56.6. The largest absolute Gasteiger partial charge is 0.462 e. The second kappa shape index (κ2) is 58.4. The highest BCUT2D eigenvalue weighted by Crippen LogP contribution is 2.15. The molecular weight excluding hydrogens is 877 g/mol. The smallest absolute Gasteiger partial charge is 0.306 e. The summed E-state index contributed by atoms with van der Waals surface area (Å²) in [5, 5.41) is 0. The molecule has 0 spiro atoms. The molecule has 0 rings (SSSR count). The van der Waals surface area contributed by atoms with Gasteiger partial charge in [-0.05, 0) is 109 Å². The van der Waals surface area contributed by atoms with Gasteiger partial charge in [0.2, 0.25) is 0 Å². The van der Waals surface area contributed by atoms with Crippen molar-refractivity contribution in [1.82, 2.24) is 0 Å². The molecule has 1 atom stereocenters. The van der Waals surface area contributed by atoms with E-state index >= 15 is 0 Å². The second-order valence-corrected chi connectivity index (χ2v) is 18.8. The van der Waals surface area contributed by atoms with Crippen molar-refractivity contribution in [2.75, 3.05) is 13.2 Å². The third-order valence-corrected chi connectivity index (χ3v) is 12.0. The van der Waals surface area contributed by atoms with Crippen LogP contribution >= 0.6 is 0 Å². The SMILES string of the molecule is CC/C=C\C/C=C\C/C=C\C/C=C\C/C=C\C/C=C\CCCCCCCCCCCCC(=O)OCC(COC(=O)CCCCCCCCCCC)OC(=O)CCCC/C=C\C/C=C\C/C=C\C/C=C\CC. The highest BCUT2D eigenvalue weighted by atomic mass is 16.6. The maximum Gasteiger partial charge on any atom is 0.306 e. The van der Waals surface area contributed by atoms with Crippen LogP contribution in [0.15, 0.2) is 122 Å². The van der Waals surface area contributed by atoms with E-state index in [0.29, 0.717) is 19.3 Å². The Hall–Kier alpha value is -4.19. The molecule has 71 heavy (non-hydrogen) atoms. The van der Waals surface area contributed by atoms with Gasteiger partial charge in [0.15, 0.2) is 6.10 Å². The van der Waals surface area contributed by atoms with Crippen molar-refractivity contribution in [3.05, 3.63) is 122 Å². The van der Waals surface area contributed by atoms with Crippen LogP contribution < -0.4 is 0 Å². The van der Waals surface area contributed by atoms with Gasteiger partial charge in [-0.15, -0.1) is 0 Å². The van der Waals surface area contributed by atoms with Gasteiger partial charge in [0, 0.05) is 19.3 Å². The number of allylic oxidation sites excluding steroid dienone is 20. The van der Waals surface area contributed by atoms with Gasteiger partial charge in [-0.3, -0.25) is 14.4 Å². The van der Waals surface area contributed by atoms with E-state index in [1.807, 2.05) is 0 Å². The fourth-order valence-corrected chi connectivity index (χ4v) is 7.67. The molecule has 0 saturated heterocycles. The first-order valence-corrected chi connectivity index (χ1v) is 29.0. The molecule has 6 nitrogen and oxygen atoms in total. The fraction of sp³-hybridized carbons (Fsp3) is 0.646. The molecule has 0 radical (unpaired) electrons. The van der Waals surface area contributed by atoms with Crippen molar-refractivity contribution in [2.24, 2.45) is 0 Å². The Morgan fingerprint density at radius 1 is 0.296 bits per heavy atom. The van der Waals surface area contributed by atoms with Crippen molar-refractivity contribution in [1.29, 1.82) is 0 Å². The number of unbranched alkanes of at least 4 members (excludes halogenated alkanes) is 20. The number of ether oxygens (including phenoxy) is 3. The predicted molar refractivity (Wildman–Crippen MR) is 306 cm³/mol. The summed E-state index contributed by atoms with van der Waals surface area (Å²) in [7, 11) is 0. The number of carbonyl (C=O) groups is 3. The molecule has 0 bridgehead atoms. The molecule has 0 aromatic rings. The fourth-order valence-electron chi connectivity index (χ4n) is 7.67. The lowest BCUT2D eigenvalue weighted by molar-refractivity contribution is -0.167. The minimum absolute atomic E-state index is 0.0965. The lowest BCUT2D eigenvalue weighted by Crippen LogP contribution is -2.30. The van der Waals surface area contributed by atoms with E-state index in [4.69, 9.17) is 14.2 Å². The number of carbonyl (C=O) groups excluding carboxylic acids is 3. The van der Waals surface area contributed by atoms with Crippen LogP contribution in [-0.4, -0.2) is 37.2 Å². The van der Waals surface area contributed by atoms with Crippen LogP contribution in [0.1, 0.15) is 252 Å². The van der Waals surface area contributed by atoms with Crippen molar-refractivity contribution in [3.8, 4) is 0 Å². The van der Waals surface area contributed by atoms with E-state index in [2.05, 4.69) is 142 Å². The predicted octanol–water partition coefficient (Wildman–Crippen LogP) is 19.6. The van der Waals surface area contributed by atoms with Crippen molar-refractivity contribution < 1.29 is 28.6 Å². The van der Waals surface area contributed by atoms with Crippen molar-refractivity contribution >= 4 is 17.9 Å². The number of hydrogen-bond donors (Lipinski definition) is 0. The van der Waals surface area contributed by atoms with Gasteiger partial charge in [-0.25, -0.2) is 0 Å². The van der Waals surface area contributed by atoms with Gasteiger partial charge < -0.3 is 14.2 Å². The van der Waals surface area contributed by atoms with E-state index in [0.717, 1.165) is 116 Å². The highest BCUT2D eigenvalue weighted by molar-refractivity contribution is 5.71. The Labute approximate surface area is 437 Å². The first-order chi connectivity index (χ1) is 35.0. The average Bonchev–Trinajstić information content (AvgIpc) is 3.37. The van der Waals surface area contributed by atoms with E-state index in [9.17, 15) is 14.4 Å². The summed E-state index contributed by atoms with van der Waals surface area (Å²) in [5.41, 5.74) is 0. The molecule has 6 heteroatoms. The van der Waals surface area contributed by atoms with Gasteiger partial charge in [0.1, 0.15) is 13.2 Å². The topological polar surface area (TPSA) is 78.9 Å². The van der Waals surface area contributed by atoms with Gasteiger partial charge in [0.25, 0.3) is 0 Å². The van der Waals surface area contributed by atoms with Crippen LogP contribution in [0, 0.1) is 0 Å². The van der Waals surface area contributed by atoms with E-state index in [1.165, 1.54) is 89.9 Å². The molecule has 1 unspecified atom stereocenters. The molecular formula is C65H106O6. The molecule has 0 fully saturated rings. The van der Waals surface area contributed by atoms with Crippen LogP contribution in [0.3, 0.4) is 0 Å². The third-order valence-electron chi connectivity index (χ3n) is 12.0. The zero-order valence-electron chi connectivity index (χ0n) is 45.9. The van der Waals surface area contributed by atoms with E-state index < -0.39 is 6.10 Å². The monoisotopic (exact) mass is 983 g/mol. The first kappa shape index (κ1) is 66.8. The second-order valence-electron chi connectivity index (χ2n) is 18.8. The van der Waals surface area contributed by atoms with E-state index in [-0.39, 0.29) is 37.5 Å².